The number of carbonyl (C=O) groups excluding carboxylic acids is 2. The maximum absolute atomic E-state index is 13.0. The van der Waals surface area contributed by atoms with Gasteiger partial charge in [-0.05, 0) is 32.3 Å². The van der Waals surface area contributed by atoms with Crippen LogP contribution in [0.2, 0.25) is 0 Å². The largest absolute Gasteiger partial charge is 0.356 e. The summed E-state index contributed by atoms with van der Waals surface area (Å²) in [6, 6.07) is 9.57. The van der Waals surface area contributed by atoms with E-state index in [0.717, 1.165) is 18.4 Å². The summed E-state index contributed by atoms with van der Waals surface area (Å²) in [6.45, 7) is 4.08. The lowest BCUT2D eigenvalue weighted by atomic mass is 9.98. The fourth-order valence-electron chi connectivity index (χ4n) is 3.46. The maximum Gasteiger partial charge on any atom is 0.254 e. The molecule has 0 aromatic heterocycles. The third-order valence-electron chi connectivity index (χ3n) is 4.62. The monoisotopic (exact) mass is 302 g/mol. The van der Waals surface area contributed by atoms with E-state index in [0.29, 0.717) is 0 Å². The van der Waals surface area contributed by atoms with E-state index in [2.05, 4.69) is 19.2 Å². The Morgan fingerprint density at radius 2 is 1.82 bits per heavy atom. The number of carbonyl (C=O) groups is 2. The summed E-state index contributed by atoms with van der Waals surface area (Å²) >= 11 is 0. The number of amides is 2. The van der Waals surface area contributed by atoms with Crippen LogP contribution in [0.25, 0.3) is 0 Å². The van der Waals surface area contributed by atoms with Crippen molar-refractivity contribution in [3.63, 3.8) is 0 Å². The van der Waals surface area contributed by atoms with Crippen molar-refractivity contribution in [1.29, 1.82) is 0 Å². The Labute approximate surface area is 130 Å². The molecule has 2 fully saturated rings. The fourth-order valence-corrected chi connectivity index (χ4v) is 3.46. The first kappa shape index (κ1) is 15.0. The van der Waals surface area contributed by atoms with Crippen molar-refractivity contribution in [2.24, 2.45) is 0 Å². The van der Waals surface area contributed by atoms with E-state index < -0.39 is 12.1 Å². The maximum atomic E-state index is 13.0. The Balaban J connectivity index is 1.86. The SMILES string of the molecule is CC1CCC(C)N1C(=O)C1OCC(=O)NC1c1ccccc1. The van der Waals surface area contributed by atoms with Gasteiger partial charge in [0.2, 0.25) is 5.91 Å². The predicted octanol–water partition coefficient (Wildman–Crippen LogP) is 1.64. The van der Waals surface area contributed by atoms with Crippen LogP contribution in [-0.2, 0) is 14.3 Å². The zero-order valence-corrected chi connectivity index (χ0v) is 13.0. The highest BCUT2D eigenvalue weighted by atomic mass is 16.5. The van der Waals surface area contributed by atoms with Crippen LogP contribution in [0.5, 0.6) is 0 Å². The van der Waals surface area contributed by atoms with Gasteiger partial charge in [0.25, 0.3) is 5.91 Å². The number of benzene rings is 1. The second kappa shape index (κ2) is 6.08. The molecule has 1 aromatic rings. The molecule has 4 atom stereocenters. The molecule has 1 aromatic carbocycles. The van der Waals surface area contributed by atoms with Crippen molar-refractivity contribution in [3.05, 3.63) is 35.9 Å². The van der Waals surface area contributed by atoms with E-state index in [-0.39, 0.29) is 30.5 Å². The first-order chi connectivity index (χ1) is 10.6. The Morgan fingerprint density at radius 3 is 2.45 bits per heavy atom. The molecular weight excluding hydrogens is 280 g/mol. The molecule has 0 saturated carbocycles. The standard InChI is InChI=1S/C17H22N2O3/c1-11-8-9-12(2)19(11)17(21)16-15(18-14(20)10-22-16)13-6-4-3-5-7-13/h3-7,11-12,15-16H,8-10H2,1-2H3,(H,18,20). The molecule has 0 bridgehead atoms. The second-order valence-electron chi connectivity index (χ2n) is 6.21. The van der Waals surface area contributed by atoms with Crippen molar-refractivity contribution in [2.45, 2.75) is 50.9 Å². The van der Waals surface area contributed by atoms with Gasteiger partial charge >= 0.3 is 0 Å². The minimum Gasteiger partial charge on any atom is -0.356 e. The van der Waals surface area contributed by atoms with Crippen molar-refractivity contribution in [3.8, 4) is 0 Å². The summed E-state index contributed by atoms with van der Waals surface area (Å²) in [5.74, 6) is -0.202. The molecule has 0 spiro atoms. The average molecular weight is 302 g/mol. The predicted molar refractivity (Wildman–Crippen MR) is 82.1 cm³/mol. The van der Waals surface area contributed by atoms with Crippen molar-refractivity contribution in [2.75, 3.05) is 6.61 Å². The fraction of sp³-hybridized carbons (Fsp3) is 0.529. The molecule has 2 aliphatic rings. The lowest BCUT2D eigenvalue weighted by Crippen LogP contribution is -2.55. The summed E-state index contributed by atoms with van der Waals surface area (Å²) in [5, 5.41) is 2.91. The van der Waals surface area contributed by atoms with E-state index in [1.165, 1.54) is 0 Å². The molecule has 2 amide bonds. The van der Waals surface area contributed by atoms with E-state index in [1.54, 1.807) is 0 Å². The molecule has 2 aliphatic heterocycles. The molecule has 0 radical (unpaired) electrons. The molecule has 2 saturated heterocycles. The molecule has 0 aliphatic carbocycles. The quantitative estimate of drug-likeness (QED) is 0.903. The third kappa shape index (κ3) is 2.73. The second-order valence-corrected chi connectivity index (χ2v) is 6.21. The number of nitrogens with zero attached hydrogens (tertiary/aromatic N) is 1. The zero-order valence-electron chi connectivity index (χ0n) is 13.0. The molecule has 118 valence electrons. The van der Waals surface area contributed by atoms with Crippen LogP contribution in [0.1, 0.15) is 38.3 Å². The van der Waals surface area contributed by atoms with Gasteiger partial charge in [-0.2, -0.15) is 0 Å². The van der Waals surface area contributed by atoms with Crippen LogP contribution >= 0.6 is 0 Å². The number of likely N-dealkylation sites (tertiary alicyclic amines) is 1. The highest BCUT2D eigenvalue weighted by Crippen LogP contribution is 2.29. The number of ether oxygens (including phenoxy) is 1. The van der Waals surface area contributed by atoms with Gasteiger partial charge in [-0.15, -0.1) is 0 Å². The van der Waals surface area contributed by atoms with Gasteiger partial charge in [0.05, 0.1) is 6.04 Å². The van der Waals surface area contributed by atoms with Crippen LogP contribution in [0, 0.1) is 0 Å². The van der Waals surface area contributed by atoms with E-state index in [9.17, 15) is 9.59 Å². The number of rotatable bonds is 2. The Kier molecular flexibility index (Phi) is 4.16. The van der Waals surface area contributed by atoms with Crippen molar-refractivity contribution < 1.29 is 14.3 Å². The first-order valence-electron chi connectivity index (χ1n) is 7.86. The van der Waals surface area contributed by atoms with Crippen molar-refractivity contribution in [1.82, 2.24) is 10.2 Å². The van der Waals surface area contributed by atoms with E-state index >= 15 is 0 Å². The average Bonchev–Trinajstić information content (AvgIpc) is 2.86. The van der Waals surface area contributed by atoms with Crippen molar-refractivity contribution >= 4 is 11.8 Å². The molecule has 22 heavy (non-hydrogen) atoms. The Morgan fingerprint density at radius 1 is 1.18 bits per heavy atom. The minimum absolute atomic E-state index is 0.0219. The van der Waals surface area contributed by atoms with Gasteiger partial charge in [0.15, 0.2) is 6.10 Å². The highest BCUT2D eigenvalue weighted by molar-refractivity contribution is 5.87. The van der Waals surface area contributed by atoms with Gasteiger partial charge in [-0.25, -0.2) is 0 Å². The third-order valence-corrected chi connectivity index (χ3v) is 4.62. The molecular formula is C17H22N2O3. The molecule has 1 N–H and O–H groups in total. The Bertz CT molecular complexity index is 550. The van der Waals surface area contributed by atoms with Crippen LogP contribution in [0.15, 0.2) is 30.3 Å². The summed E-state index contributed by atoms with van der Waals surface area (Å²) in [5.41, 5.74) is 0.897. The van der Waals surface area contributed by atoms with Gasteiger partial charge in [0.1, 0.15) is 6.61 Å². The highest BCUT2D eigenvalue weighted by Gasteiger charge is 2.42. The van der Waals surface area contributed by atoms with Crippen LogP contribution in [0.3, 0.4) is 0 Å². The summed E-state index contributed by atoms with van der Waals surface area (Å²) < 4.78 is 5.62. The molecule has 2 heterocycles. The topological polar surface area (TPSA) is 58.6 Å². The van der Waals surface area contributed by atoms with Crippen LogP contribution in [0.4, 0.5) is 0 Å². The smallest absolute Gasteiger partial charge is 0.254 e. The number of nitrogens with one attached hydrogen (secondary N) is 1. The summed E-state index contributed by atoms with van der Waals surface area (Å²) in [7, 11) is 0. The van der Waals surface area contributed by atoms with Gasteiger partial charge < -0.3 is 15.0 Å². The minimum atomic E-state index is -0.650. The van der Waals surface area contributed by atoms with Crippen LogP contribution in [-0.4, -0.2) is 41.5 Å². The first-order valence-corrected chi connectivity index (χ1v) is 7.86. The molecule has 5 nitrogen and oxygen atoms in total. The summed E-state index contributed by atoms with van der Waals surface area (Å²) in [6.07, 6.45) is 1.38. The van der Waals surface area contributed by atoms with E-state index in [1.807, 2.05) is 35.2 Å². The zero-order chi connectivity index (χ0) is 15.7. The van der Waals surface area contributed by atoms with Gasteiger partial charge in [0, 0.05) is 12.1 Å². The van der Waals surface area contributed by atoms with E-state index in [4.69, 9.17) is 4.74 Å². The number of hydrogen-bond acceptors (Lipinski definition) is 3. The summed E-state index contributed by atoms with van der Waals surface area (Å²) in [4.78, 5) is 26.6. The van der Waals surface area contributed by atoms with Gasteiger partial charge in [-0.1, -0.05) is 30.3 Å². The number of morpholine rings is 1. The normalized spacial score (nSPS) is 31.9. The Hall–Kier alpha value is -1.88. The lowest BCUT2D eigenvalue weighted by Gasteiger charge is -2.36. The van der Waals surface area contributed by atoms with Crippen LogP contribution < -0.4 is 5.32 Å². The molecule has 3 rings (SSSR count). The lowest BCUT2D eigenvalue weighted by molar-refractivity contribution is -0.157. The molecule has 4 unspecified atom stereocenters. The van der Waals surface area contributed by atoms with Gasteiger partial charge in [-0.3, -0.25) is 9.59 Å². The molecule has 5 heteroatoms. The number of hydrogen-bond donors (Lipinski definition) is 1.